The quantitative estimate of drug-likeness (QED) is 0.838. The van der Waals surface area contributed by atoms with Crippen LogP contribution in [0, 0.1) is 5.92 Å². The molecule has 0 saturated carbocycles. The second kappa shape index (κ2) is 6.45. The Morgan fingerprint density at radius 2 is 2.10 bits per heavy atom. The van der Waals surface area contributed by atoms with Crippen molar-refractivity contribution in [2.24, 2.45) is 5.92 Å². The number of carbonyl (C=O) groups is 1. The van der Waals surface area contributed by atoms with Crippen molar-refractivity contribution in [3.05, 3.63) is 24.3 Å². The Labute approximate surface area is 125 Å². The van der Waals surface area contributed by atoms with Crippen LogP contribution in [0.25, 0.3) is 0 Å². The average Bonchev–Trinajstić information content (AvgIpc) is 2.39. The number of para-hydroxylation sites is 2. The van der Waals surface area contributed by atoms with Gasteiger partial charge < -0.3 is 15.2 Å². The number of nitrogens with zero attached hydrogens (tertiary/aromatic N) is 1. The highest BCUT2D eigenvalue weighted by molar-refractivity contribution is 5.93. The van der Waals surface area contributed by atoms with Gasteiger partial charge >= 0.3 is 0 Å². The molecule has 2 N–H and O–H groups in total. The van der Waals surface area contributed by atoms with E-state index < -0.39 is 5.60 Å². The van der Waals surface area contributed by atoms with Gasteiger partial charge in [0.2, 0.25) is 5.91 Å². The summed E-state index contributed by atoms with van der Waals surface area (Å²) in [6.07, 6.45) is 0. The first-order valence-corrected chi connectivity index (χ1v) is 7.41. The lowest BCUT2D eigenvalue weighted by Crippen LogP contribution is -2.65. The summed E-state index contributed by atoms with van der Waals surface area (Å²) in [6.45, 7) is 7.84. The molecular formula is C16H24N2O3. The van der Waals surface area contributed by atoms with Crippen molar-refractivity contribution in [3.8, 4) is 5.75 Å². The third-order valence-electron chi connectivity index (χ3n) is 3.90. The highest BCUT2D eigenvalue weighted by Crippen LogP contribution is 2.28. The van der Waals surface area contributed by atoms with E-state index in [0.29, 0.717) is 31.1 Å². The highest BCUT2D eigenvalue weighted by atomic mass is 16.5. The van der Waals surface area contributed by atoms with Gasteiger partial charge in [-0.25, -0.2) is 0 Å². The minimum atomic E-state index is -0.649. The minimum Gasteiger partial charge on any atom is -0.492 e. The zero-order chi connectivity index (χ0) is 15.5. The van der Waals surface area contributed by atoms with Gasteiger partial charge in [0.1, 0.15) is 5.75 Å². The Morgan fingerprint density at radius 3 is 2.71 bits per heavy atom. The maximum Gasteiger partial charge on any atom is 0.238 e. The van der Waals surface area contributed by atoms with Gasteiger partial charge in [-0.05, 0) is 25.0 Å². The first kappa shape index (κ1) is 15.8. The Bertz CT molecular complexity index is 496. The van der Waals surface area contributed by atoms with Crippen LogP contribution < -0.4 is 10.1 Å². The molecule has 0 bridgehead atoms. The van der Waals surface area contributed by atoms with E-state index in [9.17, 15) is 9.90 Å². The molecule has 1 aliphatic heterocycles. The molecule has 2 rings (SSSR count). The average molecular weight is 292 g/mol. The Hall–Kier alpha value is -1.59. The van der Waals surface area contributed by atoms with E-state index in [1.807, 2.05) is 49.9 Å². The lowest BCUT2D eigenvalue weighted by Gasteiger charge is -2.48. The van der Waals surface area contributed by atoms with Crippen molar-refractivity contribution in [3.63, 3.8) is 0 Å². The largest absolute Gasteiger partial charge is 0.492 e. The molecule has 0 spiro atoms. The van der Waals surface area contributed by atoms with Gasteiger partial charge in [-0.1, -0.05) is 26.0 Å². The molecular weight excluding hydrogens is 268 g/mol. The van der Waals surface area contributed by atoms with E-state index in [1.165, 1.54) is 0 Å². The van der Waals surface area contributed by atoms with Crippen molar-refractivity contribution in [1.29, 1.82) is 0 Å². The van der Waals surface area contributed by atoms with Gasteiger partial charge in [-0.15, -0.1) is 0 Å². The van der Waals surface area contributed by atoms with Crippen molar-refractivity contribution in [2.45, 2.75) is 26.4 Å². The molecule has 1 amide bonds. The molecule has 0 aromatic heterocycles. The summed E-state index contributed by atoms with van der Waals surface area (Å²) in [5.74, 6) is 0.791. The molecule has 0 atom stereocenters. The number of anilines is 1. The van der Waals surface area contributed by atoms with Gasteiger partial charge in [0, 0.05) is 13.1 Å². The van der Waals surface area contributed by atoms with Crippen molar-refractivity contribution in [1.82, 2.24) is 4.90 Å². The number of benzene rings is 1. The second-order valence-electron chi connectivity index (χ2n) is 5.88. The third kappa shape index (κ3) is 3.74. The fourth-order valence-electron chi connectivity index (χ4n) is 2.45. The van der Waals surface area contributed by atoms with Gasteiger partial charge in [0.05, 0.1) is 24.4 Å². The lowest BCUT2D eigenvalue weighted by atomic mass is 9.83. The molecule has 1 aromatic carbocycles. The molecule has 1 fully saturated rings. The minimum absolute atomic E-state index is 0.0899. The van der Waals surface area contributed by atoms with E-state index in [0.717, 1.165) is 0 Å². The van der Waals surface area contributed by atoms with Crippen LogP contribution in [0.15, 0.2) is 24.3 Å². The molecule has 21 heavy (non-hydrogen) atoms. The zero-order valence-electron chi connectivity index (χ0n) is 12.9. The number of β-amino-alcohol motifs (C(OH)–C–C–N with tert-alkyl or cyclic N) is 1. The van der Waals surface area contributed by atoms with Crippen LogP contribution in [0.4, 0.5) is 5.69 Å². The lowest BCUT2D eigenvalue weighted by molar-refractivity contribution is -0.139. The third-order valence-corrected chi connectivity index (χ3v) is 3.90. The van der Waals surface area contributed by atoms with E-state index >= 15 is 0 Å². The van der Waals surface area contributed by atoms with Gasteiger partial charge in [0.25, 0.3) is 0 Å². The van der Waals surface area contributed by atoms with Crippen LogP contribution in [0.3, 0.4) is 0 Å². The molecule has 0 radical (unpaired) electrons. The molecule has 5 nitrogen and oxygen atoms in total. The van der Waals surface area contributed by atoms with E-state index in [2.05, 4.69) is 5.32 Å². The Morgan fingerprint density at radius 1 is 1.43 bits per heavy atom. The van der Waals surface area contributed by atoms with Crippen LogP contribution in [0.1, 0.15) is 20.8 Å². The highest BCUT2D eigenvalue weighted by Gasteiger charge is 2.43. The maximum absolute atomic E-state index is 12.1. The van der Waals surface area contributed by atoms with Crippen molar-refractivity contribution in [2.75, 3.05) is 31.6 Å². The van der Waals surface area contributed by atoms with Crippen LogP contribution in [0.5, 0.6) is 5.75 Å². The number of amides is 1. The predicted octanol–water partition coefficient (Wildman–Crippen LogP) is 1.73. The summed E-state index contributed by atoms with van der Waals surface area (Å²) in [5, 5.41) is 13.0. The Kier molecular flexibility index (Phi) is 4.85. The number of hydrogen-bond donors (Lipinski definition) is 2. The van der Waals surface area contributed by atoms with E-state index in [-0.39, 0.29) is 18.4 Å². The van der Waals surface area contributed by atoms with Gasteiger partial charge in [0.15, 0.2) is 0 Å². The molecule has 0 aliphatic carbocycles. The summed E-state index contributed by atoms with van der Waals surface area (Å²) in [4.78, 5) is 14.0. The SMILES string of the molecule is CCOc1ccccc1NC(=O)CN1CC(O)(C(C)C)C1. The summed E-state index contributed by atoms with van der Waals surface area (Å²) >= 11 is 0. The summed E-state index contributed by atoms with van der Waals surface area (Å²) < 4.78 is 5.48. The van der Waals surface area contributed by atoms with E-state index in [4.69, 9.17) is 4.74 Å². The molecule has 1 heterocycles. The smallest absolute Gasteiger partial charge is 0.238 e. The van der Waals surface area contributed by atoms with Gasteiger partial charge in [-0.2, -0.15) is 0 Å². The number of aliphatic hydroxyl groups is 1. The number of carbonyl (C=O) groups excluding carboxylic acids is 1. The van der Waals surface area contributed by atoms with E-state index in [1.54, 1.807) is 0 Å². The molecule has 116 valence electrons. The predicted molar refractivity (Wildman–Crippen MR) is 82.5 cm³/mol. The first-order valence-electron chi connectivity index (χ1n) is 7.41. The van der Waals surface area contributed by atoms with Gasteiger partial charge in [-0.3, -0.25) is 9.69 Å². The number of rotatable bonds is 6. The normalized spacial score (nSPS) is 17.4. The molecule has 0 unspecified atom stereocenters. The number of hydrogen-bond acceptors (Lipinski definition) is 4. The molecule has 1 saturated heterocycles. The number of likely N-dealkylation sites (tertiary alicyclic amines) is 1. The summed E-state index contributed by atoms with van der Waals surface area (Å²) in [7, 11) is 0. The standard InChI is InChI=1S/C16H24N2O3/c1-4-21-14-8-6-5-7-13(14)17-15(19)9-18-10-16(20,11-18)12(2)3/h5-8,12,20H,4,9-11H2,1-3H3,(H,17,19). The Balaban J connectivity index is 1.86. The molecule has 1 aromatic rings. The second-order valence-corrected chi connectivity index (χ2v) is 5.88. The summed E-state index contributed by atoms with van der Waals surface area (Å²) in [5.41, 5.74) is 0.0350. The zero-order valence-corrected chi connectivity index (χ0v) is 12.9. The van der Waals surface area contributed by atoms with Crippen molar-refractivity contribution < 1.29 is 14.6 Å². The maximum atomic E-state index is 12.1. The number of nitrogens with one attached hydrogen (secondary N) is 1. The van der Waals surface area contributed by atoms with Crippen LogP contribution in [0.2, 0.25) is 0 Å². The summed E-state index contributed by atoms with van der Waals surface area (Å²) in [6, 6.07) is 7.39. The van der Waals surface area contributed by atoms with Crippen molar-refractivity contribution >= 4 is 11.6 Å². The van der Waals surface area contributed by atoms with Crippen LogP contribution >= 0.6 is 0 Å². The number of ether oxygens (including phenoxy) is 1. The van der Waals surface area contributed by atoms with Crippen LogP contribution in [-0.4, -0.2) is 47.8 Å². The topological polar surface area (TPSA) is 61.8 Å². The van der Waals surface area contributed by atoms with Crippen LogP contribution in [-0.2, 0) is 4.79 Å². The fraction of sp³-hybridized carbons (Fsp3) is 0.562. The fourth-order valence-corrected chi connectivity index (χ4v) is 2.45. The monoisotopic (exact) mass is 292 g/mol. The molecule has 5 heteroatoms. The molecule has 1 aliphatic rings. The first-order chi connectivity index (χ1) is 9.94.